The van der Waals surface area contributed by atoms with Crippen LogP contribution in [0.4, 0.5) is 4.79 Å². The minimum Gasteiger partial charge on any atom is -0.487 e. The van der Waals surface area contributed by atoms with E-state index >= 15 is 0 Å². The molecule has 0 saturated carbocycles. The number of oxazole rings is 2. The molecule has 6 rings (SSSR count). The van der Waals surface area contributed by atoms with Crippen LogP contribution in [0.3, 0.4) is 0 Å². The molecule has 0 spiro atoms. The van der Waals surface area contributed by atoms with Gasteiger partial charge in [-0.2, -0.15) is 0 Å². The van der Waals surface area contributed by atoms with E-state index in [2.05, 4.69) is 16.9 Å². The number of nitrogens with zero attached hydrogens (tertiary/aromatic N) is 3. The highest BCUT2D eigenvalue weighted by molar-refractivity contribution is 5.78. The number of aromatic nitrogens is 2. The van der Waals surface area contributed by atoms with Crippen molar-refractivity contribution >= 4 is 12.1 Å². The Bertz CT molecular complexity index is 2020. The Morgan fingerprint density at radius 3 is 1.90 bits per heavy atom. The van der Waals surface area contributed by atoms with Crippen molar-refractivity contribution in [3.8, 4) is 34.4 Å². The zero-order valence-corrected chi connectivity index (χ0v) is 29.2. The van der Waals surface area contributed by atoms with Gasteiger partial charge in [0.1, 0.15) is 41.9 Å². The zero-order chi connectivity index (χ0) is 36.2. The molecule has 0 atom stereocenters. The van der Waals surface area contributed by atoms with Crippen LogP contribution in [0.15, 0.2) is 118 Å². The lowest BCUT2D eigenvalue weighted by Crippen LogP contribution is -2.37. The van der Waals surface area contributed by atoms with Crippen molar-refractivity contribution in [2.45, 2.75) is 53.7 Å². The monoisotopic (exact) mass is 687 g/mol. The standard InChI is InChI=1S/C28H26N2O6.C13H15NO/c1-19-11-13-23(14-12-19)36-28(33)30(17-26(31)32)16-21-7-6-10-24(15-21)34-18-25-20(2)35-27(29-25)22-8-4-3-5-9-22;1-3-7-12-10(2)15-13(14-12)11-8-5-4-6-9-11/h3-15H,16-18H2,1-2H3,(H,31,32);4-6,8-9H,3,7H2,1-2H3. The number of carboxylic acids is 1. The number of benzene rings is 4. The largest absolute Gasteiger partial charge is 0.487 e. The summed E-state index contributed by atoms with van der Waals surface area (Å²) < 4.78 is 22.7. The average molecular weight is 688 g/mol. The lowest BCUT2D eigenvalue weighted by atomic mass is 10.2. The minimum atomic E-state index is -1.14. The van der Waals surface area contributed by atoms with Gasteiger partial charge < -0.3 is 23.4 Å². The van der Waals surface area contributed by atoms with E-state index in [9.17, 15) is 14.7 Å². The van der Waals surface area contributed by atoms with Crippen LogP contribution in [0.1, 0.15) is 47.4 Å². The Labute approximate surface area is 297 Å². The van der Waals surface area contributed by atoms with Gasteiger partial charge in [-0.3, -0.25) is 9.69 Å². The summed E-state index contributed by atoms with van der Waals surface area (Å²) in [6.07, 6.45) is 1.34. The van der Waals surface area contributed by atoms with Gasteiger partial charge in [0.05, 0.1) is 5.69 Å². The Hall–Kier alpha value is -6.16. The topological polar surface area (TPSA) is 128 Å². The van der Waals surface area contributed by atoms with E-state index in [0.717, 1.165) is 51.8 Å². The van der Waals surface area contributed by atoms with Crippen molar-refractivity contribution in [3.05, 3.63) is 143 Å². The third kappa shape index (κ3) is 10.4. The smallest absolute Gasteiger partial charge is 0.416 e. The number of rotatable bonds is 12. The summed E-state index contributed by atoms with van der Waals surface area (Å²) in [4.78, 5) is 34.2. The van der Waals surface area contributed by atoms with E-state index in [4.69, 9.17) is 18.3 Å². The SMILES string of the molecule is CCCc1nc(-c2ccccc2)oc1C.Cc1ccc(OC(=O)N(CC(=O)O)Cc2cccc(OCc3nc(-c4ccccc4)oc3C)c2)cc1. The molecule has 6 aromatic rings. The second-order valence-corrected chi connectivity index (χ2v) is 11.9. The fraction of sp³-hybridized carbons (Fsp3) is 0.220. The maximum Gasteiger partial charge on any atom is 0.416 e. The zero-order valence-electron chi connectivity index (χ0n) is 29.2. The number of carboxylic acid groups (broad SMARTS) is 1. The average Bonchev–Trinajstić information content (AvgIpc) is 3.70. The first-order valence-electron chi connectivity index (χ1n) is 16.7. The van der Waals surface area contributed by atoms with Gasteiger partial charge >= 0.3 is 12.1 Å². The molecule has 51 heavy (non-hydrogen) atoms. The van der Waals surface area contributed by atoms with Crippen LogP contribution >= 0.6 is 0 Å². The summed E-state index contributed by atoms with van der Waals surface area (Å²) in [6.45, 7) is 7.60. The van der Waals surface area contributed by atoms with Crippen molar-refractivity contribution in [2.24, 2.45) is 0 Å². The molecular weight excluding hydrogens is 646 g/mol. The molecule has 1 N–H and O–H groups in total. The molecule has 0 aliphatic rings. The van der Waals surface area contributed by atoms with Crippen molar-refractivity contribution < 1.29 is 33.0 Å². The van der Waals surface area contributed by atoms with Crippen LogP contribution in [0, 0.1) is 20.8 Å². The van der Waals surface area contributed by atoms with E-state index in [-0.39, 0.29) is 13.2 Å². The van der Waals surface area contributed by atoms with Gasteiger partial charge in [-0.1, -0.05) is 79.6 Å². The predicted molar refractivity (Wildman–Crippen MR) is 193 cm³/mol. The molecule has 0 fully saturated rings. The molecule has 10 heteroatoms. The maximum absolute atomic E-state index is 12.7. The number of ether oxygens (including phenoxy) is 2. The summed E-state index contributed by atoms with van der Waals surface area (Å²) in [6, 6.07) is 33.7. The molecule has 0 aliphatic carbocycles. The van der Waals surface area contributed by atoms with Gasteiger partial charge in [-0.15, -0.1) is 0 Å². The third-order valence-corrected chi connectivity index (χ3v) is 7.77. The van der Waals surface area contributed by atoms with Crippen molar-refractivity contribution in [1.29, 1.82) is 0 Å². The molecule has 2 aromatic heterocycles. The number of hydrogen-bond donors (Lipinski definition) is 1. The molecule has 0 unspecified atom stereocenters. The number of aliphatic carboxylic acids is 1. The van der Waals surface area contributed by atoms with E-state index in [1.165, 1.54) is 0 Å². The van der Waals surface area contributed by atoms with Crippen LogP contribution in [-0.2, 0) is 24.4 Å². The van der Waals surface area contributed by atoms with Crippen molar-refractivity contribution in [2.75, 3.05) is 6.54 Å². The molecular formula is C41H41N3O7. The molecule has 0 radical (unpaired) electrons. The van der Waals surface area contributed by atoms with Gasteiger partial charge in [0.15, 0.2) is 0 Å². The Balaban J connectivity index is 0.000000279. The summed E-state index contributed by atoms with van der Waals surface area (Å²) in [5.74, 6) is 2.62. The second-order valence-electron chi connectivity index (χ2n) is 11.9. The molecule has 262 valence electrons. The number of carbonyl (C=O) groups excluding carboxylic acids is 1. The number of amides is 1. The van der Waals surface area contributed by atoms with Gasteiger partial charge in [0.2, 0.25) is 11.8 Å². The number of hydrogen-bond acceptors (Lipinski definition) is 8. The fourth-order valence-corrected chi connectivity index (χ4v) is 5.09. The highest BCUT2D eigenvalue weighted by Gasteiger charge is 2.20. The van der Waals surface area contributed by atoms with Gasteiger partial charge in [0.25, 0.3) is 0 Å². The summed E-state index contributed by atoms with van der Waals surface area (Å²) >= 11 is 0. The first kappa shape index (κ1) is 36.1. The minimum absolute atomic E-state index is 0.0370. The molecule has 4 aromatic carbocycles. The third-order valence-electron chi connectivity index (χ3n) is 7.77. The van der Waals surface area contributed by atoms with Crippen LogP contribution in [0.5, 0.6) is 11.5 Å². The maximum atomic E-state index is 12.7. The van der Waals surface area contributed by atoms with E-state index in [1.807, 2.05) is 93.6 Å². The summed E-state index contributed by atoms with van der Waals surface area (Å²) in [5, 5.41) is 9.30. The molecule has 10 nitrogen and oxygen atoms in total. The Morgan fingerprint density at radius 1 is 0.725 bits per heavy atom. The van der Waals surface area contributed by atoms with E-state index in [1.54, 1.807) is 36.4 Å². The Kier molecular flexibility index (Phi) is 12.4. The highest BCUT2D eigenvalue weighted by Crippen LogP contribution is 2.24. The first-order valence-corrected chi connectivity index (χ1v) is 16.7. The first-order chi connectivity index (χ1) is 24.7. The molecule has 0 saturated heterocycles. The van der Waals surface area contributed by atoms with E-state index in [0.29, 0.717) is 34.4 Å². The molecule has 1 amide bonds. The molecule has 0 bridgehead atoms. The lowest BCUT2D eigenvalue weighted by Gasteiger charge is -2.20. The van der Waals surface area contributed by atoms with Crippen LogP contribution < -0.4 is 9.47 Å². The van der Waals surface area contributed by atoms with Crippen LogP contribution in [0.25, 0.3) is 22.9 Å². The van der Waals surface area contributed by atoms with Gasteiger partial charge in [-0.25, -0.2) is 14.8 Å². The molecule has 0 aliphatic heterocycles. The highest BCUT2D eigenvalue weighted by atomic mass is 16.6. The van der Waals surface area contributed by atoms with Gasteiger partial charge in [0, 0.05) is 17.7 Å². The predicted octanol–water partition coefficient (Wildman–Crippen LogP) is 9.23. The number of aryl methyl sites for hydroxylation is 4. The van der Waals surface area contributed by atoms with Gasteiger partial charge in [-0.05, 0) is 81.3 Å². The van der Waals surface area contributed by atoms with E-state index < -0.39 is 18.6 Å². The summed E-state index contributed by atoms with van der Waals surface area (Å²) in [7, 11) is 0. The fourth-order valence-electron chi connectivity index (χ4n) is 5.09. The molecule has 2 heterocycles. The van der Waals surface area contributed by atoms with Crippen LogP contribution in [-0.4, -0.2) is 38.6 Å². The van der Waals surface area contributed by atoms with Crippen LogP contribution in [0.2, 0.25) is 0 Å². The normalized spacial score (nSPS) is 10.6. The quantitative estimate of drug-likeness (QED) is 0.134. The number of carbonyl (C=O) groups is 2. The Morgan fingerprint density at radius 2 is 1.31 bits per heavy atom. The van der Waals surface area contributed by atoms with Crippen molar-refractivity contribution in [1.82, 2.24) is 14.9 Å². The second kappa shape index (κ2) is 17.5. The summed E-state index contributed by atoms with van der Waals surface area (Å²) in [5.41, 5.74) is 5.39. The lowest BCUT2D eigenvalue weighted by molar-refractivity contribution is -0.138. The van der Waals surface area contributed by atoms with Crippen molar-refractivity contribution in [3.63, 3.8) is 0 Å².